The molecule has 2 aromatic heterocycles. The maximum Gasteiger partial charge on any atom is 0.241 e. The first-order valence-corrected chi connectivity index (χ1v) is 14.3. The summed E-state index contributed by atoms with van der Waals surface area (Å²) >= 11 is 1.52. The predicted molar refractivity (Wildman–Crippen MR) is 146 cm³/mol. The lowest BCUT2D eigenvalue weighted by molar-refractivity contribution is -0.118. The van der Waals surface area contributed by atoms with Crippen LogP contribution < -0.4 is 14.9 Å². The van der Waals surface area contributed by atoms with Crippen molar-refractivity contribution >= 4 is 43.2 Å². The van der Waals surface area contributed by atoms with Gasteiger partial charge >= 0.3 is 0 Å². The zero-order chi connectivity index (χ0) is 26.0. The Morgan fingerprint density at radius 2 is 1.84 bits per heavy atom. The van der Waals surface area contributed by atoms with Crippen LogP contribution in [0.1, 0.15) is 20.8 Å². The first-order chi connectivity index (χ1) is 17.7. The van der Waals surface area contributed by atoms with E-state index in [-0.39, 0.29) is 4.90 Å². The Hall–Kier alpha value is -3.09. The first kappa shape index (κ1) is 25.6. The van der Waals surface area contributed by atoms with Crippen LogP contribution in [0.4, 0.5) is 11.6 Å². The van der Waals surface area contributed by atoms with Gasteiger partial charge in [-0.05, 0) is 62.7 Å². The fourth-order valence-electron chi connectivity index (χ4n) is 3.90. The van der Waals surface area contributed by atoms with Gasteiger partial charge in [-0.2, -0.15) is 0 Å². The standard InChI is InChI=1S/C26H29N5O4S2/c1-26(2,3)30-37(32,33)21-6-4-5-18(15-21)22-17-36-23-16-27-25(29-24(22)23)28-19-7-9-20(10-8-19)35-31-11-13-34-14-12-31/h4-10,15-17,30H,11-14H2,1-3H3,(H,27,28,29). The summed E-state index contributed by atoms with van der Waals surface area (Å²) < 4.78 is 34.7. The van der Waals surface area contributed by atoms with E-state index in [0.29, 0.717) is 19.2 Å². The molecule has 194 valence electrons. The minimum atomic E-state index is -3.66. The summed E-state index contributed by atoms with van der Waals surface area (Å²) in [4.78, 5) is 15.3. The molecule has 3 heterocycles. The van der Waals surface area contributed by atoms with Crippen LogP contribution in [0.5, 0.6) is 5.75 Å². The second-order valence-electron chi connectivity index (χ2n) is 9.72. The van der Waals surface area contributed by atoms with Crippen LogP contribution in [0.25, 0.3) is 21.3 Å². The Labute approximate surface area is 220 Å². The van der Waals surface area contributed by atoms with E-state index in [9.17, 15) is 8.42 Å². The van der Waals surface area contributed by atoms with Gasteiger partial charge in [0.05, 0.1) is 47.6 Å². The normalized spacial score (nSPS) is 15.1. The van der Waals surface area contributed by atoms with Gasteiger partial charge in [-0.25, -0.2) is 23.1 Å². The van der Waals surface area contributed by atoms with Crippen molar-refractivity contribution < 1.29 is 18.0 Å². The van der Waals surface area contributed by atoms with Gasteiger partial charge in [0.25, 0.3) is 0 Å². The van der Waals surface area contributed by atoms with Crippen LogP contribution in [-0.4, -0.2) is 55.3 Å². The summed E-state index contributed by atoms with van der Waals surface area (Å²) in [5.41, 5.74) is 2.63. The molecular formula is C26H29N5O4S2. The van der Waals surface area contributed by atoms with Crippen LogP contribution in [0.3, 0.4) is 0 Å². The van der Waals surface area contributed by atoms with Crippen LogP contribution in [0.2, 0.25) is 0 Å². The molecule has 0 aliphatic carbocycles. The maximum atomic E-state index is 12.9. The van der Waals surface area contributed by atoms with E-state index in [4.69, 9.17) is 14.6 Å². The molecule has 1 saturated heterocycles. The molecule has 1 aliphatic heterocycles. The first-order valence-electron chi connectivity index (χ1n) is 11.9. The summed E-state index contributed by atoms with van der Waals surface area (Å²) in [7, 11) is -3.66. The van der Waals surface area contributed by atoms with E-state index in [0.717, 1.165) is 45.9 Å². The predicted octanol–water partition coefficient (Wildman–Crippen LogP) is 4.80. The van der Waals surface area contributed by atoms with Gasteiger partial charge in [-0.1, -0.05) is 12.1 Å². The number of fused-ring (bicyclic) bond motifs is 1. The van der Waals surface area contributed by atoms with Gasteiger partial charge in [0.15, 0.2) is 0 Å². The summed E-state index contributed by atoms with van der Waals surface area (Å²) in [5, 5.41) is 7.11. The van der Waals surface area contributed by atoms with Crippen molar-refractivity contribution in [2.24, 2.45) is 0 Å². The number of sulfonamides is 1. The number of hydroxylamine groups is 2. The van der Waals surface area contributed by atoms with Crippen LogP contribution >= 0.6 is 11.3 Å². The Kier molecular flexibility index (Phi) is 7.15. The quantitative estimate of drug-likeness (QED) is 0.345. The number of thiophene rings is 1. The van der Waals surface area contributed by atoms with E-state index in [1.54, 1.807) is 24.4 Å². The van der Waals surface area contributed by atoms with E-state index >= 15 is 0 Å². The van der Waals surface area contributed by atoms with Crippen molar-refractivity contribution in [1.82, 2.24) is 19.8 Å². The van der Waals surface area contributed by atoms with Gasteiger partial charge in [0.2, 0.25) is 16.0 Å². The molecule has 0 atom stereocenters. The number of hydrogen-bond donors (Lipinski definition) is 2. The summed E-state index contributed by atoms with van der Waals surface area (Å²) in [5.74, 6) is 1.20. The number of ether oxygens (including phenoxy) is 1. The number of nitrogens with zero attached hydrogens (tertiary/aromatic N) is 3. The smallest absolute Gasteiger partial charge is 0.241 e. The third kappa shape index (κ3) is 6.25. The molecule has 5 rings (SSSR count). The Morgan fingerprint density at radius 3 is 2.57 bits per heavy atom. The molecule has 0 spiro atoms. The molecule has 2 N–H and O–H groups in total. The number of anilines is 2. The minimum absolute atomic E-state index is 0.214. The molecule has 9 nitrogen and oxygen atoms in total. The molecule has 0 saturated carbocycles. The molecule has 11 heteroatoms. The lowest BCUT2D eigenvalue weighted by Crippen LogP contribution is -2.40. The summed E-state index contributed by atoms with van der Waals surface area (Å²) in [6.45, 7) is 8.25. The topological polar surface area (TPSA) is 106 Å². The third-order valence-corrected chi connectivity index (χ3v) is 8.19. The number of morpholine rings is 1. The molecule has 1 aliphatic rings. The highest BCUT2D eigenvalue weighted by Crippen LogP contribution is 2.34. The Balaban J connectivity index is 1.36. The van der Waals surface area contributed by atoms with Gasteiger partial charge < -0.3 is 14.9 Å². The number of rotatable bonds is 7. The molecular weight excluding hydrogens is 510 g/mol. The average molecular weight is 540 g/mol. The molecule has 0 radical (unpaired) electrons. The largest absolute Gasteiger partial charge is 0.406 e. The molecule has 1 fully saturated rings. The van der Waals surface area contributed by atoms with Crippen LogP contribution in [0.15, 0.2) is 65.0 Å². The highest BCUT2D eigenvalue weighted by Gasteiger charge is 2.23. The molecule has 0 bridgehead atoms. The van der Waals surface area contributed by atoms with E-state index in [1.807, 2.05) is 61.5 Å². The number of aromatic nitrogens is 2. The van der Waals surface area contributed by atoms with Crippen molar-refractivity contribution in [2.75, 3.05) is 31.6 Å². The monoisotopic (exact) mass is 539 g/mol. The zero-order valence-electron chi connectivity index (χ0n) is 20.9. The Morgan fingerprint density at radius 1 is 1.08 bits per heavy atom. The van der Waals surface area contributed by atoms with Crippen molar-refractivity contribution in [3.8, 4) is 16.9 Å². The van der Waals surface area contributed by atoms with Gasteiger partial charge in [-0.3, -0.25) is 0 Å². The van der Waals surface area contributed by atoms with Gasteiger partial charge in [-0.15, -0.1) is 16.4 Å². The second-order valence-corrected chi connectivity index (χ2v) is 12.3. The highest BCUT2D eigenvalue weighted by atomic mass is 32.2. The zero-order valence-corrected chi connectivity index (χ0v) is 22.5. The number of nitrogens with one attached hydrogen (secondary N) is 2. The lowest BCUT2D eigenvalue weighted by Gasteiger charge is -2.26. The van der Waals surface area contributed by atoms with Crippen LogP contribution in [-0.2, 0) is 14.8 Å². The van der Waals surface area contributed by atoms with Crippen molar-refractivity contribution in [3.63, 3.8) is 0 Å². The minimum Gasteiger partial charge on any atom is -0.406 e. The number of benzene rings is 2. The molecule has 4 aromatic rings. The fraction of sp³-hybridized carbons (Fsp3) is 0.308. The van der Waals surface area contributed by atoms with Gasteiger partial charge in [0, 0.05) is 22.2 Å². The third-order valence-electron chi connectivity index (χ3n) is 5.52. The van der Waals surface area contributed by atoms with Crippen molar-refractivity contribution in [1.29, 1.82) is 0 Å². The highest BCUT2D eigenvalue weighted by molar-refractivity contribution is 7.89. The molecule has 0 amide bonds. The molecule has 2 aromatic carbocycles. The lowest BCUT2D eigenvalue weighted by atomic mass is 10.1. The van der Waals surface area contributed by atoms with E-state index in [1.165, 1.54) is 11.3 Å². The summed E-state index contributed by atoms with van der Waals surface area (Å²) in [6, 6.07) is 14.5. The number of hydrogen-bond acceptors (Lipinski definition) is 9. The van der Waals surface area contributed by atoms with Crippen molar-refractivity contribution in [2.45, 2.75) is 31.2 Å². The Bertz CT molecular complexity index is 1490. The second kappa shape index (κ2) is 10.3. The maximum absolute atomic E-state index is 12.9. The van der Waals surface area contributed by atoms with Gasteiger partial charge in [0.1, 0.15) is 5.75 Å². The van der Waals surface area contributed by atoms with E-state index < -0.39 is 15.6 Å². The SMILES string of the molecule is CC(C)(C)NS(=O)(=O)c1cccc(-c2csc3cnc(Nc4ccc(ON5CCOCC5)cc4)nc23)c1. The van der Waals surface area contributed by atoms with E-state index in [2.05, 4.69) is 15.0 Å². The van der Waals surface area contributed by atoms with Crippen molar-refractivity contribution in [3.05, 3.63) is 60.1 Å². The van der Waals surface area contributed by atoms with Crippen LogP contribution in [0, 0.1) is 0 Å². The summed E-state index contributed by atoms with van der Waals surface area (Å²) in [6.07, 6.45) is 1.77. The molecule has 0 unspecified atom stereocenters. The molecule has 37 heavy (non-hydrogen) atoms. The average Bonchev–Trinajstić information content (AvgIpc) is 3.28. The fourth-order valence-corrected chi connectivity index (χ4v) is 6.24.